The van der Waals surface area contributed by atoms with E-state index in [9.17, 15) is 41.5 Å². The number of piperidine rings is 1. The smallest absolute Gasteiger partial charge is 0.345 e. The zero-order chi connectivity index (χ0) is 36.8. The maximum absolute atomic E-state index is 13.5. The molecule has 2 saturated heterocycles. The summed E-state index contributed by atoms with van der Waals surface area (Å²) < 4.78 is 66.1. The number of ketones is 1. The molecular weight excluding hydrogens is 670 g/mol. The van der Waals surface area contributed by atoms with Crippen LogP contribution >= 0.6 is 0 Å². The fourth-order valence-corrected chi connectivity index (χ4v) is 5.46. The number of hydrogen-bond acceptors (Lipinski definition) is 9. The number of epoxide rings is 1. The van der Waals surface area contributed by atoms with E-state index in [1.54, 1.807) is 51.1 Å². The lowest BCUT2D eigenvalue weighted by Gasteiger charge is -2.28. The summed E-state index contributed by atoms with van der Waals surface area (Å²) in [6.45, 7) is -2.10. The molecule has 1 aromatic rings. The average molecular weight is 718 g/mol. The van der Waals surface area contributed by atoms with Crippen LogP contribution in [0.4, 0.5) is 17.6 Å². The summed E-state index contributed by atoms with van der Waals surface area (Å²) in [7, 11) is 0. The lowest BCUT2D eigenvalue weighted by atomic mass is 9.94. The number of nitrogens with zero attached hydrogens (tertiary/aromatic N) is 1. The van der Waals surface area contributed by atoms with Gasteiger partial charge in [0.1, 0.15) is 23.7 Å². The minimum Gasteiger partial charge on any atom is -0.361 e. The summed E-state index contributed by atoms with van der Waals surface area (Å²) >= 11 is 0. The van der Waals surface area contributed by atoms with E-state index in [1.165, 1.54) is 0 Å². The Bertz CT molecular complexity index is 1280. The molecule has 1 aromatic carbocycles. The van der Waals surface area contributed by atoms with Gasteiger partial charge >= 0.3 is 13.2 Å². The SMILES string of the molecule is CC(C)C[C@H](NC(=O)[C@H](COC(F)F)NC(=O)CN1CCCCC1)C(=O)N[C@@H](COC(F)F)C(=O)N[C@@H](Cc1ccccc1)C(=O)[C@@]1(C)CO1. The molecule has 4 amide bonds. The molecule has 0 radical (unpaired) electrons. The molecule has 0 unspecified atom stereocenters. The highest BCUT2D eigenvalue weighted by atomic mass is 19.3. The molecule has 280 valence electrons. The highest BCUT2D eigenvalue weighted by Gasteiger charge is 2.50. The zero-order valence-corrected chi connectivity index (χ0v) is 28.4. The van der Waals surface area contributed by atoms with Gasteiger partial charge in [0.05, 0.1) is 32.4 Å². The first-order valence-corrected chi connectivity index (χ1v) is 16.6. The zero-order valence-electron chi connectivity index (χ0n) is 28.4. The van der Waals surface area contributed by atoms with Gasteiger partial charge < -0.3 is 35.5 Å². The van der Waals surface area contributed by atoms with Crippen LogP contribution < -0.4 is 21.3 Å². The van der Waals surface area contributed by atoms with E-state index in [0.717, 1.165) is 19.3 Å². The van der Waals surface area contributed by atoms with Gasteiger partial charge in [-0.2, -0.15) is 17.6 Å². The topological polar surface area (TPSA) is 168 Å². The number of hydrogen-bond donors (Lipinski definition) is 4. The molecule has 0 aromatic heterocycles. The number of amides is 4. The van der Waals surface area contributed by atoms with Crippen molar-refractivity contribution >= 4 is 29.4 Å². The summed E-state index contributed by atoms with van der Waals surface area (Å²) in [5.74, 6) is -4.33. The van der Waals surface area contributed by atoms with Gasteiger partial charge in [-0.05, 0) is 57.2 Å². The highest BCUT2D eigenvalue weighted by molar-refractivity contribution is 5.99. The van der Waals surface area contributed by atoms with Gasteiger partial charge in [-0.25, -0.2) is 0 Å². The van der Waals surface area contributed by atoms with Crippen molar-refractivity contribution in [1.29, 1.82) is 0 Å². The third kappa shape index (κ3) is 13.9. The van der Waals surface area contributed by atoms with Crippen LogP contribution in [0.2, 0.25) is 0 Å². The first kappa shape index (κ1) is 40.8. The Morgan fingerprint density at radius 3 is 1.80 bits per heavy atom. The Hall–Kier alpha value is -3.67. The van der Waals surface area contributed by atoms with E-state index in [2.05, 4.69) is 30.7 Å². The third-order valence-corrected chi connectivity index (χ3v) is 8.23. The number of benzene rings is 1. The average Bonchev–Trinajstić information content (AvgIpc) is 3.82. The monoisotopic (exact) mass is 717 g/mol. The lowest BCUT2D eigenvalue weighted by Crippen LogP contribution is -2.60. The second-order valence-electron chi connectivity index (χ2n) is 13.0. The van der Waals surface area contributed by atoms with Gasteiger partial charge in [-0.3, -0.25) is 28.9 Å². The number of alkyl halides is 4. The third-order valence-electron chi connectivity index (χ3n) is 8.23. The van der Waals surface area contributed by atoms with Crippen molar-refractivity contribution in [3.8, 4) is 0 Å². The summed E-state index contributed by atoms with van der Waals surface area (Å²) in [6, 6.07) is 2.79. The number of halogens is 4. The van der Waals surface area contributed by atoms with Crippen LogP contribution in [0.15, 0.2) is 30.3 Å². The Labute approximate surface area is 288 Å². The van der Waals surface area contributed by atoms with Crippen molar-refractivity contribution in [3.63, 3.8) is 0 Å². The van der Waals surface area contributed by atoms with Crippen molar-refractivity contribution < 1.29 is 55.7 Å². The van der Waals surface area contributed by atoms with E-state index in [4.69, 9.17) is 4.74 Å². The molecule has 50 heavy (non-hydrogen) atoms. The minimum atomic E-state index is -3.31. The van der Waals surface area contributed by atoms with Crippen molar-refractivity contribution in [2.75, 3.05) is 39.5 Å². The van der Waals surface area contributed by atoms with E-state index in [1.807, 2.05) is 4.90 Å². The van der Waals surface area contributed by atoms with E-state index in [0.29, 0.717) is 18.7 Å². The Balaban J connectivity index is 1.75. The molecular formula is C33H47F4N5O8. The number of likely N-dealkylation sites (tertiary alicyclic amines) is 1. The van der Waals surface area contributed by atoms with Crippen molar-refractivity contribution in [1.82, 2.24) is 26.2 Å². The molecule has 4 N–H and O–H groups in total. The molecule has 2 fully saturated rings. The Morgan fingerprint density at radius 1 is 0.780 bits per heavy atom. The van der Waals surface area contributed by atoms with Crippen LogP contribution in [-0.2, 0) is 44.6 Å². The molecule has 3 rings (SSSR count). The molecule has 13 nitrogen and oxygen atoms in total. The number of Topliss-reactive ketones (excluding diaryl/α,β-unsaturated/α-hetero) is 1. The predicted octanol–water partition coefficient (Wildman–Crippen LogP) is 1.54. The molecule has 0 saturated carbocycles. The summed E-state index contributed by atoms with van der Waals surface area (Å²) in [5, 5.41) is 9.65. The number of ether oxygens (including phenoxy) is 3. The van der Waals surface area contributed by atoms with Gasteiger partial charge in [-0.1, -0.05) is 50.6 Å². The maximum Gasteiger partial charge on any atom is 0.345 e. The van der Waals surface area contributed by atoms with Crippen LogP contribution in [0, 0.1) is 5.92 Å². The number of carbonyl (C=O) groups excluding carboxylic acids is 5. The normalized spacial score (nSPS) is 20.1. The van der Waals surface area contributed by atoms with Crippen molar-refractivity contribution in [2.24, 2.45) is 5.92 Å². The standard InChI is InChI=1S/C33H47F4N5O8/c1-20(2)14-23(40-29(46)24(17-48-31(34)35)38-26(43)16-42-12-8-5-9-13-42)28(45)41-25(18-49-32(36)37)30(47)39-22(27(44)33(3)19-50-33)15-21-10-6-4-7-11-21/h4,6-7,10-11,20,22-25,31-32H,5,8-9,12-19H2,1-3H3,(H,38,43)(H,39,47)(H,40,46)(H,41,45)/t22-,23-,24-,25-,33+/m0/s1. The van der Waals surface area contributed by atoms with Gasteiger partial charge in [0.25, 0.3) is 0 Å². The molecule has 0 bridgehead atoms. The van der Waals surface area contributed by atoms with Crippen molar-refractivity contribution in [3.05, 3.63) is 35.9 Å². The van der Waals surface area contributed by atoms with Gasteiger partial charge in [-0.15, -0.1) is 0 Å². The summed E-state index contributed by atoms with van der Waals surface area (Å²) in [5.41, 5.74) is -0.460. The lowest BCUT2D eigenvalue weighted by molar-refractivity contribution is -0.150. The second-order valence-corrected chi connectivity index (χ2v) is 13.0. The molecule has 0 aliphatic carbocycles. The molecule has 5 atom stereocenters. The second kappa shape index (κ2) is 19.7. The molecule has 2 aliphatic rings. The van der Waals surface area contributed by atoms with Gasteiger partial charge in [0.15, 0.2) is 5.78 Å². The van der Waals surface area contributed by atoms with Crippen LogP contribution in [0.25, 0.3) is 0 Å². The quantitative estimate of drug-likeness (QED) is 0.109. The summed E-state index contributed by atoms with van der Waals surface area (Å²) in [6.07, 6.45) is 2.80. The minimum absolute atomic E-state index is 0.0312. The number of rotatable bonds is 21. The fourth-order valence-electron chi connectivity index (χ4n) is 5.46. The molecule has 17 heteroatoms. The van der Waals surface area contributed by atoms with Crippen LogP contribution in [0.3, 0.4) is 0 Å². The maximum atomic E-state index is 13.5. The van der Waals surface area contributed by atoms with Crippen LogP contribution in [-0.4, -0.2) is 117 Å². The van der Waals surface area contributed by atoms with Crippen molar-refractivity contribution in [2.45, 2.75) is 95.9 Å². The molecule has 2 heterocycles. The first-order valence-electron chi connectivity index (χ1n) is 16.6. The molecule has 0 spiro atoms. The highest BCUT2D eigenvalue weighted by Crippen LogP contribution is 2.29. The van der Waals surface area contributed by atoms with E-state index in [-0.39, 0.29) is 31.9 Å². The molecule has 2 aliphatic heterocycles. The van der Waals surface area contributed by atoms with Gasteiger partial charge in [0.2, 0.25) is 23.6 Å². The predicted molar refractivity (Wildman–Crippen MR) is 171 cm³/mol. The number of nitrogens with one attached hydrogen (secondary N) is 4. The van der Waals surface area contributed by atoms with Crippen LogP contribution in [0.5, 0.6) is 0 Å². The Morgan fingerprint density at radius 2 is 1.28 bits per heavy atom. The van der Waals surface area contributed by atoms with Gasteiger partial charge in [0, 0.05) is 0 Å². The largest absolute Gasteiger partial charge is 0.361 e. The van der Waals surface area contributed by atoms with E-state index < -0.39 is 85.6 Å². The van der Waals surface area contributed by atoms with Crippen LogP contribution in [0.1, 0.15) is 52.0 Å². The van der Waals surface area contributed by atoms with E-state index >= 15 is 0 Å². The first-order chi connectivity index (χ1) is 23.7. The summed E-state index contributed by atoms with van der Waals surface area (Å²) in [4.78, 5) is 68.2. The fraction of sp³-hybridized carbons (Fsp3) is 0.667. The number of carbonyl (C=O) groups is 5. The Kier molecular flexibility index (Phi) is 16.0.